The minimum Gasteiger partial charge on any atom is -0.477 e. The average Bonchev–Trinajstić information content (AvgIpc) is 2.74. The van der Waals surface area contributed by atoms with E-state index in [1.54, 1.807) is 7.05 Å². The first kappa shape index (κ1) is 11.1. The van der Waals surface area contributed by atoms with Gasteiger partial charge in [0.05, 0.1) is 5.69 Å². The highest BCUT2D eigenvalue weighted by Crippen LogP contribution is 2.15. The normalized spacial score (nSPS) is 10.2. The summed E-state index contributed by atoms with van der Waals surface area (Å²) in [4.78, 5) is 11.0. The van der Waals surface area contributed by atoms with Gasteiger partial charge in [-0.1, -0.05) is 0 Å². The lowest BCUT2D eigenvalue weighted by Crippen LogP contribution is -2.07. The van der Waals surface area contributed by atoms with E-state index >= 15 is 0 Å². The maximum absolute atomic E-state index is 12.8. The maximum Gasteiger partial charge on any atom is 0.354 e. The molecule has 0 amide bonds. The van der Waals surface area contributed by atoms with Crippen molar-refractivity contribution in [2.45, 2.75) is 0 Å². The van der Waals surface area contributed by atoms with Gasteiger partial charge in [0.1, 0.15) is 11.6 Å². The van der Waals surface area contributed by atoms with Crippen LogP contribution in [0.25, 0.3) is 5.69 Å². The summed E-state index contributed by atoms with van der Waals surface area (Å²) in [5.41, 5.74) is 0.506. The number of carboxylic acids is 1. The molecule has 0 aliphatic carbocycles. The van der Waals surface area contributed by atoms with E-state index in [0.29, 0.717) is 11.5 Å². The van der Waals surface area contributed by atoms with Crippen LogP contribution in [0.3, 0.4) is 0 Å². The van der Waals surface area contributed by atoms with Gasteiger partial charge in [0.25, 0.3) is 0 Å². The molecule has 0 fully saturated rings. The molecule has 5 nitrogen and oxygen atoms in total. The molecule has 1 aromatic heterocycles. The molecule has 0 saturated carbocycles. The van der Waals surface area contributed by atoms with Crippen molar-refractivity contribution in [3.63, 3.8) is 0 Å². The Morgan fingerprint density at radius 1 is 1.41 bits per heavy atom. The molecule has 0 aliphatic rings. The molecule has 0 bridgehead atoms. The minimum atomic E-state index is -1.09. The smallest absolute Gasteiger partial charge is 0.354 e. The predicted molar refractivity (Wildman–Crippen MR) is 60.0 cm³/mol. The zero-order valence-corrected chi connectivity index (χ0v) is 9.01. The molecule has 2 aromatic rings. The number of aromatic nitrogens is 2. The summed E-state index contributed by atoms with van der Waals surface area (Å²) in [6.45, 7) is 0. The fourth-order valence-electron chi connectivity index (χ4n) is 1.43. The van der Waals surface area contributed by atoms with E-state index < -0.39 is 5.97 Å². The van der Waals surface area contributed by atoms with Crippen LogP contribution >= 0.6 is 0 Å². The van der Waals surface area contributed by atoms with Gasteiger partial charge >= 0.3 is 5.97 Å². The number of rotatable bonds is 3. The second-order valence-electron chi connectivity index (χ2n) is 3.36. The lowest BCUT2D eigenvalue weighted by molar-refractivity contribution is 0.0687. The Morgan fingerprint density at radius 3 is 2.59 bits per heavy atom. The van der Waals surface area contributed by atoms with E-state index in [-0.39, 0.29) is 11.5 Å². The van der Waals surface area contributed by atoms with Gasteiger partial charge in [0, 0.05) is 13.1 Å². The lowest BCUT2D eigenvalue weighted by atomic mass is 10.3. The Bertz CT molecular complexity index is 548. The average molecular weight is 235 g/mol. The van der Waals surface area contributed by atoms with Gasteiger partial charge in [-0.3, -0.25) is 0 Å². The number of carboxylic acid groups (broad SMARTS) is 1. The third kappa shape index (κ3) is 2.10. The van der Waals surface area contributed by atoms with Gasteiger partial charge in [-0.15, -0.1) is 5.10 Å². The summed E-state index contributed by atoms with van der Waals surface area (Å²) < 4.78 is 14.0. The Balaban J connectivity index is 2.53. The predicted octanol–water partition coefficient (Wildman–Crippen LogP) is 1.75. The topological polar surface area (TPSA) is 67.2 Å². The standard InChI is InChI=1S/C11H10FN3O2/c1-13-10-6-9(11(16)17)15(14-10)8-4-2-7(12)3-5-8/h2-6H,1H3,(H,13,14)(H,16,17). The molecule has 6 heteroatoms. The molecule has 0 aliphatic heterocycles. The molecule has 0 radical (unpaired) electrons. The summed E-state index contributed by atoms with van der Waals surface area (Å²) in [7, 11) is 1.64. The van der Waals surface area contributed by atoms with Gasteiger partial charge in [-0.05, 0) is 24.3 Å². The molecule has 88 valence electrons. The van der Waals surface area contributed by atoms with E-state index in [1.807, 2.05) is 0 Å². The zero-order chi connectivity index (χ0) is 12.4. The summed E-state index contributed by atoms with van der Waals surface area (Å²) in [6.07, 6.45) is 0. The minimum absolute atomic E-state index is 0.0148. The van der Waals surface area contributed by atoms with E-state index in [4.69, 9.17) is 5.11 Å². The summed E-state index contributed by atoms with van der Waals surface area (Å²) in [5, 5.41) is 15.8. The molecule has 2 N–H and O–H groups in total. The van der Waals surface area contributed by atoms with Gasteiger partial charge in [-0.25, -0.2) is 13.9 Å². The van der Waals surface area contributed by atoms with Crippen LogP contribution < -0.4 is 5.32 Å². The van der Waals surface area contributed by atoms with Crippen LogP contribution in [0.1, 0.15) is 10.5 Å². The first-order valence-corrected chi connectivity index (χ1v) is 4.89. The number of carbonyl (C=O) groups is 1. The van der Waals surface area contributed by atoms with Crippen molar-refractivity contribution >= 4 is 11.8 Å². The molecule has 0 saturated heterocycles. The molecule has 0 atom stereocenters. The summed E-state index contributed by atoms with van der Waals surface area (Å²) in [6, 6.07) is 6.84. The van der Waals surface area contributed by atoms with Crippen LogP contribution in [0, 0.1) is 5.82 Å². The van der Waals surface area contributed by atoms with Crippen LogP contribution in [-0.2, 0) is 0 Å². The van der Waals surface area contributed by atoms with Crippen LogP contribution in [-0.4, -0.2) is 27.9 Å². The second kappa shape index (κ2) is 4.25. The largest absolute Gasteiger partial charge is 0.477 e. The van der Waals surface area contributed by atoms with Crippen molar-refractivity contribution in [3.8, 4) is 5.69 Å². The van der Waals surface area contributed by atoms with Crippen molar-refractivity contribution in [2.24, 2.45) is 0 Å². The van der Waals surface area contributed by atoms with Crippen LogP contribution in [0.15, 0.2) is 30.3 Å². The monoisotopic (exact) mass is 235 g/mol. The van der Waals surface area contributed by atoms with Crippen LogP contribution in [0.5, 0.6) is 0 Å². The van der Waals surface area contributed by atoms with E-state index in [2.05, 4.69) is 10.4 Å². The fraction of sp³-hybridized carbons (Fsp3) is 0.0909. The fourth-order valence-corrected chi connectivity index (χ4v) is 1.43. The number of benzene rings is 1. The second-order valence-corrected chi connectivity index (χ2v) is 3.36. The van der Waals surface area contributed by atoms with Crippen molar-refractivity contribution in [1.82, 2.24) is 9.78 Å². The molecule has 0 unspecified atom stereocenters. The van der Waals surface area contributed by atoms with Gasteiger partial charge < -0.3 is 10.4 Å². The molecule has 17 heavy (non-hydrogen) atoms. The van der Waals surface area contributed by atoms with Crippen molar-refractivity contribution in [1.29, 1.82) is 0 Å². The number of hydrogen-bond donors (Lipinski definition) is 2. The molecule has 0 spiro atoms. The number of hydrogen-bond acceptors (Lipinski definition) is 3. The molecular formula is C11H10FN3O2. The number of anilines is 1. The highest BCUT2D eigenvalue weighted by molar-refractivity contribution is 5.87. The Hall–Kier alpha value is -2.37. The van der Waals surface area contributed by atoms with E-state index in [0.717, 1.165) is 0 Å². The number of nitrogens with zero attached hydrogens (tertiary/aromatic N) is 2. The summed E-state index contributed by atoms with van der Waals surface area (Å²) >= 11 is 0. The van der Waals surface area contributed by atoms with Crippen LogP contribution in [0.2, 0.25) is 0 Å². The maximum atomic E-state index is 12.8. The molecule has 1 heterocycles. The Morgan fingerprint density at radius 2 is 2.06 bits per heavy atom. The molecule has 1 aromatic carbocycles. The Kier molecular flexibility index (Phi) is 2.78. The first-order valence-electron chi connectivity index (χ1n) is 4.89. The van der Waals surface area contributed by atoms with Crippen LogP contribution in [0.4, 0.5) is 10.2 Å². The lowest BCUT2D eigenvalue weighted by Gasteiger charge is -2.03. The third-order valence-corrected chi connectivity index (χ3v) is 2.26. The van der Waals surface area contributed by atoms with Gasteiger partial charge in [0.15, 0.2) is 5.69 Å². The SMILES string of the molecule is CNc1cc(C(=O)O)n(-c2ccc(F)cc2)n1. The Labute approximate surface area is 96.5 Å². The highest BCUT2D eigenvalue weighted by Gasteiger charge is 2.14. The molecule has 2 rings (SSSR count). The quantitative estimate of drug-likeness (QED) is 0.850. The third-order valence-electron chi connectivity index (χ3n) is 2.26. The van der Waals surface area contributed by atoms with E-state index in [1.165, 1.54) is 35.0 Å². The number of aromatic carboxylic acids is 1. The van der Waals surface area contributed by atoms with E-state index in [9.17, 15) is 9.18 Å². The van der Waals surface area contributed by atoms with Crippen molar-refractivity contribution in [2.75, 3.05) is 12.4 Å². The number of nitrogens with one attached hydrogen (secondary N) is 1. The first-order chi connectivity index (χ1) is 8.11. The van der Waals surface area contributed by atoms with Crippen molar-refractivity contribution in [3.05, 3.63) is 41.8 Å². The summed E-state index contributed by atoms with van der Waals surface area (Å²) in [5.74, 6) is -1.04. The van der Waals surface area contributed by atoms with Crippen molar-refractivity contribution < 1.29 is 14.3 Å². The highest BCUT2D eigenvalue weighted by atomic mass is 19.1. The number of halogens is 1. The zero-order valence-electron chi connectivity index (χ0n) is 9.01. The molecular weight excluding hydrogens is 225 g/mol. The van der Waals surface area contributed by atoms with Gasteiger partial charge in [-0.2, -0.15) is 0 Å². The van der Waals surface area contributed by atoms with Gasteiger partial charge in [0.2, 0.25) is 0 Å².